The lowest BCUT2D eigenvalue weighted by atomic mass is 9.95. The van der Waals surface area contributed by atoms with Crippen LogP contribution in [0.4, 0.5) is 4.39 Å². The van der Waals surface area contributed by atoms with Gasteiger partial charge in [0.25, 0.3) is 0 Å². The number of nitrogens with zero attached hydrogens (tertiary/aromatic N) is 5. The molecule has 1 saturated carbocycles. The summed E-state index contributed by atoms with van der Waals surface area (Å²) >= 11 is 0. The van der Waals surface area contributed by atoms with Gasteiger partial charge in [-0.3, -0.25) is 52.7 Å². The fraction of sp³-hybridized carbons (Fsp3) is 0.549. The van der Waals surface area contributed by atoms with Crippen molar-refractivity contribution in [2.75, 3.05) is 101 Å². The monoisotopic (exact) mass is 1550 g/mol. The second kappa shape index (κ2) is 37.6. The minimum Gasteiger partial charge on any atom is -0.497 e. The average Bonchev–Trinajstić information content (AvgIpc) is 1.51. The molecule has 7 heterocycles. The molecule has 10 atom stereocenters. The Kier molecular flexibility index (Phi) is 27.9. The van der Waals surface area contributed by atoms with Gasteiger partial charge in [0.2, 0.25) is 65.0 Å². The fourth-order valence-corrected chi connectivity index (χ4v) is 15.8. The van der Waals surface area contributed by atoms with Crippen LogP contribution in [0.3, 0.4) is 0 Å². The topological polar surface area (TPSA) is 356 Å². The summed E-state index contributed by atoms with van der Waals surface area (Å²) in [6.07, 6.45) is 1.75. The van der Waals surface area contributed by atoms with Gasteiger partial charge in [0.1, 0.15) is 65.9 Å². The maximum absolute atomic E-state index is 16.1. The van der Waals surface area contributed by atoms with Crippen LogP contribution in [0.1, 0.15) is 118 Å². The Morgan fingerprint density at radius 2 is 1.41 bits per heavy atom. The predicted molar refractivity (Wildman–Crippen MR) is 410 cm³/mol. The molecule has 9 N–H and O–H groups in total. The van der Waals surface area contributed by atoms with Crippen LogP contribution in [0, 0.1) is 11.2 Å². The van der Waals surface area contributed by atoms with E-state index in [9.17, 15) is 29.1 Å². The van der Waals surface area contributed by atoms with Gasteiger partial charge in [0, 0.05) is 108 Å². The fourth-order valence-electron chi connectivity index (χ4n) is 15.8. The number of fused-ring (bicyclic) bond motifs is 16. The zero-order chi connectivity index (χ0) is 79.9. The van der Waals surface area contributed by atoms with E-state index >= 15 is 33.2 Å². The Balaban J connectivity index is 0.976. The first-order valence-corrected chi connectivity index (χ1v) is 39.2. The molecule has 1 aliphatic carbocycles. The number of hydrogen-bond donors (Lipinski definition) is 9. The van der Waals surface area contributed by atoms with Crippen LogP contribution in [0.15, 0.2) is 97.2 Å². The number of benzene rings is 4. The van der Waals surface area contributed by atoms with E-state index < -0.39 is 137 Å². The van der Waals surface area contributed by atoms with Gasteiger partial charge in [-0.2, -0.15) is 0 Å². The van der Waals surface area contributed by atoms with Crippen LogP contribution in [0.5, 0.6) is 5.75 Å². The Morgan fingerprint density at radius 1 is 0.679 bits per heavy atom. The number of aromatic nitrogens is 1. The van der Waals surface area contributed by atoms with Gasteiger partial charge in [-0.1, -0.05) is 73.5 Å². The standard InChI is InChI=1S/C82H108FN13O16/c1-52(97)71-76(104)90-63(43-54-22-25-60(109-6)26-23-54)78(106)95-35-13-30-81(95,2)79(107)84-32-28-53-18-20-55(21-19-53)49-93-34-10-8-7-9-33-92-50-58(61-46-59(83)24-27-66(61)92)45-64-77(105)94-36-31-82(80(108)91-71)72(94)73(82)112-51-69(100)85-47-57-15-11-14-56(42-57)44-62(74(102)89-64)88-75(103)65(87-68(99)16-12-17-70(93)101)48-86-67(98)29-38-110-40-41-111-39-37-96(3,4)5/h11,14-15,18-27,42,46,50,52,62-65,71-73,97H,7-10,12-13,16-17,28-41,43-45,47-49,51H2,1-6H3,(H7-,84,85,86,87,88,89,90,91,98,99,100,102,103,104,107,108)/p+1/t52-,62+,63+,64+,65-,71+,72?,73-,81+,82?/m1/s1. The van der Waals surface area contributed by atoms with E-state index in [1.165, 1.54) is 36.0 Å². The number of piperidine rings is 1. The summed E-state index contributed by atoms with van der Waals surface area (Å²) in [5.41, 5.74) is 1.37. The Bertz CT molecular complexity index is 4230. The van der Waals surface area contributed by atoms with Gasteiger partial charge in [-0.25, -0.2) is 4.39 Å². The van der Waals surface area contributed by atoms with E-state index in [1.807, 2.05) is 35.0 Å². The molecule has 2 saturated heterocycles. The number of ether oxygens (including phenoxy) is 4. The first-order valence-electron chi connectivity index (χ1n) is 39.2. The molecule has 0 spiro atoms. The quantitative estimate of drug-likeness (QED) is 0.0536. The molecule has 30 heteroatoms. The lowest BCUT2D eigenvalue weighted by molar-refractivity contribution is -0.870. The van der Waals surface area contributed by atoms with Gasteiger partial charge in [-0.05, 0) is 123 Å². The molecule has 12 rings (SSSR count). The zero-order valence-electron chi connectivity index (χ0n) is 65.0. The van der Waals surface area contributed by atoms with E-state index in [0.717, 1.165) is 24.1 Å². The minimum atomic E-state index is -1.76. The van der Waals surface area contributed by atoms with Gasteiger partial charge in [-0.15, -0.1) is 0 Å². The summed E-state index contributed by atoms with van der Waals surface area (Å²) in [6, 6.07) is 16.8. The Hall–Kier alpha value is -9.88. The van der Waals surface area contributed by atoms with Crippen molar-refractivity contribution >= 4 is 75.9 Å². The molecule has 0 radical (unpaired) electrons. The van der Waals surface area contributed by atoms with Gasteiger partial charge in [0.05, 0.1) is 72.9 Å². The molecule has 3 fully saturated rings. The maximum Gasteiger partial charge on any atom is 0.246 e. The molecule has 7 aliphatic rings. The molecule has 2 unspecified atom stereocenters. The highest BCUT2D eigenvalue weighted by Gasteiger charge is 2.77. The lowest BCUT2D eigenvalue weighted by Gasteiger charge is -2.37. The molecule has 4 aromatic carbocycles. The van der Waals surface area contributed by atoms with Crippen molar-refractivity contribution in [2.24, 2.45) is 5.41 Å². The normalized spacial score (nSPS) is 25.7. The van der Waals surface area contributed by atoms with E-state index in [-0.39, 0.29) is 103 Å². The van der Waals surface area contributed by atoms with E-state index in [4.69, 9.17) is 18.9 Å². The molecule has 6 aliphatic heterocycles. The molecular formula is C82H109FN13O16+. The first kappa shape index (κ1) is 83.1. The number of amides is 11. The van der Waals surface area contributed by atoms with Gasteiger partial charge >= 0.3 is 0 Å². The van der Waals surface area contributed by atoms with Crippen molar-refractivity contribution in [1.82, 2.24) is 61.8 Å². The van der Waals surface area contributed by atoms with Crippen LogP contribution < -0.4 is 47.3 Å². The van der Waals surface area contributed by atoms with Crippen LogP contribution in [0.25, 0.3) is 10.9 Å². The third-order valence-electron chi connectivity index (χ3n) is 22.3. The number of hydrogen-bond acceptors (Lipinski definition) is 16. The van der Waals surface area contributed by atoms with E-state index in [0.29, 0.717) is 108 Å². The predicted octanol–water partition coefficient (Wildman–Crippen LogP) is 2.31. The SMILES string of the molecule is COc1ccc(C[C@@H]2NC(=O)[C@H]([C@@H](C)O)NC(=O)C34CCN5C(=O)[C@@H]6Cc7cn(c8ccc(F)cc78)CCCCCCN(Cc7ccc(cc7)CCNC(=O)[C@]7(C)CCCN7C2=O)C(=O)CCCC(=O)N[C@H](CNC(=O)CCOCCOCC[N+](C)(C)C)C(=O)N[C@@H](Cc2cccc(c2)CNC(=O)CO[C@@H]3C54)C(=O)N6)cc1. The number of carbonyl (C=O) groups excluding carboxylic acids is 11. The summed E-state index contributed by atoms with van der Waals surface area (Å²) in [5.74, 6) is -7.39. The summed E-state index contributed by atoms with van der Waals surface area (Å²) in [7, 11) is 7.66. The van der Waals surface area contributed by atoms with Crippen LogP contribution in [-0.2, 0) is 112 Å². The minimum absolute atomic E-state index is 0.00385. The average molecular weight is 1550 g/mol. The van der Waals surface area contributed by atoms with Crippen molar-refractivity contribution < 1.29 is 85.7 Å². The summed E-state index contributed by atoms with van der Waals surface area (Å²) in [6.45, 7) is 4.91. The molecule has 112 heavy (non-hydrogen) atoms. The summed E-state index contributed by atoms with van der Waals surface area (Å²) in [5, 5.41) is 34.9. The Labute approximate surface area is 652 Å². The van der Waals surface area contributed by atoms with E-state index in [1.54, 1.807) is 66.4 Å². The number of methoxy groups -OCH3 is 1. The zero-order valence-corrected chi connectivity index (χ0v) is 65.0. The van der Waals surface area contributed by atoms with Crippen molar-refractivity contribution in [3.63, 3.8) is 0 Å². The number of rotatable bonds is 15. The molecule has 1 aromatic heterocycles. The maximum atomic E-state index is 16.1. The molecule has 11 amide bonds. The number of quaternary nitrogens is 1. The number of aryl methyl sites for hydroxylation is 1. The van der Waals surface area contributed by atoms with Crippen LogP contribution in [0.2, 0.25) is 0 Å². The van der Waals surface area contributed by atoms with Gasteiger partial charge < -0.3 is 90.3 Å². The number of likely N-dealkylation sites (N-methyl/N-ethyl adjacent to an activating group) is 1. The largest absolute Gasteiger partial charge is 0.497 e. The number of aliphatic hydroxyl groups excluding tert-OH is 1. The molecule has 5 aromatic rings. The molecule has 29 nitrogen and oxygen atoms in total. The lowest BCUT2D eigenvalue weighted by Crippen LogP contribution is -2.62. The van der Waals surface area contributed by atoms with Crippen molar-refractivity contribution in [2.45, 2.75) is 184 Å². The molecule has 12 bridgehead atoms. The smallest absolute Gasteiger partial charge is 0.246 e. The third kappa shape index (κ3) is 21.1. The second-order valence-corrected chi connectivity index (χ2v) is 31.6. The van der Waals surface area contributed by atoms with Crippen molar-refractivity contribution in [1.29, 1.82) is 0 Å². The van der Waals surface area contributed by atoms with Gasteiger partial charge in [0.15, 0.2) is 0 Å². The van der Waals surface area contributed by atoms with Crippen LogP contribution in [-0.4, -0.2) is 248 Å². The first-order chi connectivity index (χ1) is 53.7. The number of nitrogens with one attached hydrogen (secondary N) is 8. The number of aliphatic hydroxyl groups is 1. The number of carbonyl (C=O) groups is 11. The van der Waals surface area contributed by atoms with Crippen molar-refractivity contribution in [3.8, 4) is 5.75 Å². The molecule has 604 valence electrons. The summed E-state index contributed by atoms with van der Waals surface area (Å²) in [4.78, 5) is 169. The Morgan fingerprint density at radius 3 is 2.16 bits per heavy atom. The summed E-state index contributed by atoms with van der Waals surface area (Å²) < 4.78 is 41.7. The highest BCUT2D eigenvalue weighted by atomic mass is 19.1. The van der Waals surface area contributed by atoms with E-state index in [2.05, 4.69) is 63.7 Å². The van der Waals surface area contributed by atoms with Crippen molar-refractivity contribution in [3.05, 3.63) is 136 Å². The highest BCUT2D eigenvalue weighted by Crippen LogP contribution is 2.59. The number of halogens is 1. The molecular weight excluding hydrogens is 1440 g/mol. The highest BCUT2D eigenvalue weighted by molar-refractivity contribution is 6.00. The second-order valence-electron chi connectivity index (χ2n) is 31.6. The third-order valence-corrected chi connectivity index (χ3v) is 22.3. The van der Waals surface area contributed by atoms with Crippen LogP contribution >= 0.6 is 0 Å².